The fraction of sp³-hybridized carbons (Fsp3) is 0.304. The zero-order chi connectivity index (χ0) is 21.6. The van der Waals surface area contributed by atoms with Gasteiger partial charge in [-0.05, 0) is 36.4 Å². The molecule has 3 heterocycles. The Morgan fingerprint density at radius 2 is 1.84 bits per heavy atom. The fourth-order valence-corrected chi connectivity index (χ4v) is 4.51. The molecule has 31 heavy (non-hydrogen) atoms. The molecule has 1 fully saturated rings. The minimum absolute atomic E-state index is 0.0301. The quantitative estimate of drug-likeness (QED) is 0.631. The Labute approximate surface area is 178 Å². The van der Waals surface area contributed by atoms with Crippen LogP contribution < -0.4 is 9.47 Å². The van der Waals surface area contributed by atoms with Crippen molar-refractivity contribution >= 4 is 5.91 Å². The summed E-state index contributed by atoms with van der Waals surface area (Å²) in [6.07, 6.45) is 3.14. The van der Waals surface area contributed by atoms with Crippen molar-refractivity contribution in [3.05, 3.63) is 65.9 Å². The van der Waals surface area contributed by atoms with Crippen LogP contribution >= 0.6 is 0 Å². The number of para-hydroxylation sites is 1. The van der Waals surface area contributed by atoms with Gasteiger partial charge in [0.05, 0.1) is 11.9 Å². The van der Waals surface area contributed by atoms with Gasteiger partial charge in [-0.25, -0.2) is 0 Å². The number of likely N-dealkylation sites (tertiary alicyclic amines) is 1. The molecule has 1 amide bonds. The van der Waals surface area contributed by atoms with Crippen molar-refractivity contribution in [3.63, 3.8) is 0 Å². The van der Waals surface area contributed by atoms with E-state index < -0.39 is 12.2 Å². The lowest BCUT2D eigenvalue weighted by molar-refractivity contribution is -0.0498. The van der Waals surface area contributed by atoms with Crippen LogP contribution in [0.4, 0.5) is 8.78 Å². The zero-order valence-corrected chi connectivity index (χ0v) is 16.9. The molecule has 2 aliphatic rings. The van der Waals surface area contributed by atoms with E-state index in [1.54, 1.807) is 4.90 Å². The van der Waals surface area contributed by atoms with E-state index in [-0.39, 0.29) is 11.7 Å². The predicted octanol–water partition coefficient (Wildman–Crippen LogP) is 4.21. The maximum absolute atomic E-state index is 12.9. The molecule has 2 aliphatic heterocycles. The Balaban J connectivity index is 1.35. The molecule has 1 spiro atoms. The first kappa shape index (κ1) is 19.5. The van der Waals surface area contributed by atoms with Gasteiger partial charge in [-0.3, -0.25) is 9.48 Å². The van der Waals surface area contributed by atoms with Crippen LogP contribution in [0.5, 0.6) is 11.5 Å². The van der Waals surface area contributed by atoms with Gasteiger partial charge in [-0.15, -0.1) is 0 Å². The smallest absolute Gasteiger partial charge is 0.387 e. The van der Waals surface area contributed by atoms with Crippen molar-refractivity contribution < 1.29 is 23.0 Å². The van der Waals surface area contributed by atoms with Crippen LogP contribution in [-0.4, -0.2) is 40.3 Å². The molecule has 0 saturated carbocycles. The largest absolute Gasteiger partial charge is 0.482 e. The Morgan fingerprint density at radius 3 is 2.55 bits per heavy atom. The summed E-state index contributed by atoms with van der Waals surface area (Å²) in [5, 5.41) is 4.47. The first-order valence-corrected chi connectivity index (χ1v) is 10.1. The Morgan fingerprint density at radius 1 is 1.13 bits per heavy atom. The molecule has 0 radical (unpaired) electrons. The van der Waals surface area contributed by atoms with Crippen LogP contribution in [0.3, 0.4) is 0 Å². The SMILES string of the molecule is Cn1ncc2c1-c1ccccc1OC21CCN(C(=O)c2ccc(OC(F)F)cc2)CC1. The van der Waals surface area contributed by atoms with Crippen LogP contribution in [0.15, 0.2) is 54.7 Å². The molecule has 0 aliphatic carbocycles. The van der Waals surface area contributed by atoms with E-state index in [0.29, 0.717) is 31.5 Å². The second-order valence-electron chi connectivity index (χ2n) is 7.82. The van der Waals surface area contributed by atoms with Gasteiger partial charge < -0.3 is 14.4 Å². The number of hydrogen-bond donors (Lipinski definition) is 0. The van der Waals surface area contributed by atoms with E-state index in [0.717, 1.165) is 22.6 Å². The van der Waals surface area contributed by atoms with E-state index >= 15 is 0 Å². The average Bonchev–Trinajstić information content (AvgIpc) is 3.17. The third-order valence-electron chi connectivity index (χ3n) is 6.06. The summed E-state index contributed by atoms with van der Waals surface area (Å²) in [6.45, 7) is -1.85. The Kier molecular flexibility index (Phi) is 4.64. The molecule has 0 bridgehead atoms. The van der Waals surface area contributed by atoms with Gasteiger partial charge in [0.25, 0.3) is 5.91 Å². The number of fused-ring (bicyclic) bond motifs is 4. The van der Waals surface area contributed by atoms with Gasteiger partial charge in [-0.2, -0.15) is 13.9 Å². The number of carbonyl (C=O) groups excluding carboxylic acids is 1. The van der Waals surface area contributed by atoms with E-state index in [4.69, 9.17) is 4.74 Å². The average molecular weight is 425 g/mol. The third-order valence-corrected chi connectivity index (χ3v) is 6.06. The normalized spacial score (nSPS) is 16.6. The summed E-state index contributed by atoms with van der Waals surface area (Å²) >= 11 is 0. The number of carbonyl (C=O) groups is 1. The number of hydrogen-bond acceptors (Lipinski definition) is 4. The first-order valence-electron chi connectivity index (χ1n) is 10.1. The van der Waals surface area contributed by atoms with Gasteiger partial charge in [0.2, 0.25) is 0 Å². The maximum atomic E-state index is 12.9. The monoisotopic (exact) mass is 425 g/mol. The van der Waals surface area contributed by atoms with Crippen molar-refractivity contribution in [3.8, 4) is 22.8 Å². The Hall–Kier alpha value is -3.42. The summed E-state index contributed by atoms with van der Waals surface area (Å²) in [5.41, 5.74) is 3.04. The van der Waals surface area contributed by atoms with Crippen LogP contribution in [0.25, 0.3) is 11.3 Å². The molecule has 8 heteroatoms. The van der Waals surface area contributed by atoms with Gasteiger partial charge in [0.1, 0.15) is 17.1 Å². The summed E-state index contributed by atoms with van der Waals surface area (Å²) in [7, 11) is 1.93. The lowest BCUT2D eigenvalue weighted by Gasteiger charge is -2.44. The number of piperidine rings is 1. The third kappa shape index (κ3) is 3.32. The van der Waals surface area contributed by atoms with Crippen molar-refractivity contribution in [2.24, 2.45) is 7.05 Å². The highest BCUT2D eigenvalue weighted by molar-refractivity contribution is 5.94. The van der Waals surface area contributed by atoms with Crippen molar-refractivity contribution in [1.29, 1.82) is 0 Å². The molecule has 1 saturated heterocycles. The molecule has 0 unspecified atom stereocenters. The van der Waals surface area contributed by atoms with Gasteiger partial charge >= 0.3 is 6.61 Å². The van der Waals surface area contributed by atoms with Crippen molar-refractivity contribution in [2.75, 3.05) is 13.1 Å². The molecule has 0 atom stereocenters. The van der Waals surface area contributed by atoms with E-state index in [2.05, 4.69) is 9.84 Å². The fourth-order valence-electron chi connectivity index (χ4n) is 4.51. The topological polar surface area (TPSA) is 56.6 Å². The highest BCUT2D eigenvalue weighted by Crippen LogP contribution is 2.49. The van der Waals surface area contributed by atoms with Crippen LogP contribution in [0, 0.1) is 0 Å². The van der Waals surface area contributed by atoms with Crippen LogP contribution in [0.2, 0.25) is 0 Å². The zero-order valence-electron chi connectivity index (χ0n) is 16.9. The molecule has 1 aromatic heterocycles. The standard InChI is InChI=1S/C23H21F2N3O3/c1-27-20-17-4-2-3-5-19(17)31-23(18(20)14-26-27)10-12-28(13-11-23)21(29)15-6-8-16(9-7-15)30-22(24)25/h2-9,14,22H,10-13H2,1H3. The van der Waals surface area contributed by atoms with E-state index in [9.17, 15) is 13.6 Å². The molecule has 6 nitrogen and oxygen atoms in total. The number of rotatable bonds is 3. The number of ether oxygens (including phenoxy) is 2. The van der Waals surface area contributed by atoms with Crippen molar-refractivity contribution in [2.45, 2.75) is 25.1 Å². The van der Waals surface area contributed by atoms with Crippen LogP contribution in [-0.2, 0) is 12.6 Å². The van der Waals surface area contributed by atoms with Gasteiger partial charge in [0, 0.05) is 49.7 Å². The van der Waals surface area contributed by atoms with Gasteiger partial charge in [-0.1, -0.05) is 12.1 Å². The minimum Gasteiger partial charge on any atom is -0.482 e. The van der Waals surface area contributed by atoms with Crippen LogP contribution in [0.1, 0.15) is 28.8 Å². The van der Waals surface area contributed by atoms with E-state index in [1.165, 1.54) is 24.3 Å². The molecular formula is C23H21F2N3O3. The Bertz CT molecular complexity index is 1120. The summed E-state index contributed by atoms with van der Waals surface area (Å²) < 4.78 is 37.4. The highest BCUT2D eigenvalue weighted by atomic mass is 19.3. The lowest BCUT2D eigenvalue weighted by atomic mass is 9.81. The number of benzene rings is 2. The number of halogens is 2. The molecule has 2 aromatic carbocycles. The summed E-state index contributed by atoms with van der Waals surface area (Å²) in [6, 6.07) is 13.7. The number of aromatic nitrogens is 2. The molecule has 5 rings (SSSR count). The number of alkyl halides is 2. The maximum Gasteiger partial charge on any atom is 0.387 e. The molecular weight excluding hydrogens is 404 g/mol. The number of aryl methyl sites for hydroxylation is 1. The second kappa shape index (κ2) is 7.37. The second-order valence-corrected chi connectivity index (χ2v) is 7.82. The number of nitrogens with zero attached hydrogens (tertiary/aromatic N) is 3. The molecule has 160 valence electrons. The molecule has 3 aromatic rings. The van der Waals surface area contributed by atoms with Gasteiger partial charge in [0.15, 0.2) is 0 Å². The van der Waals surface area contributed by atoms with Crippen molar-refractivity contribution in [1.82, 2.24) is 14.7 Å². The highest BCUT2D eigenvalue weighted by Gasteiger charge is 2.45. The number of amides is 1. The first-order chi connectivity index (χ1) is 15.0. The minimum atomic E-state index is -2.89. The predicted molar refractivity (Wildman–Crippen MR) is 109 cm³/mol. The van der Waals surface area contributed by atoms with E-state index in [1.807, 2.05) is 42.2 Å². The summed E-state index contributed by atoms with van der Waals surface area (Å²) in [5.74, 6) is 0.719. The lowest BCUT2D eigenvalue weighted by Crippen LogP contribution is -2.49. The summed E-state index contributed by atoms with van der Waals surface area (Å²) in [4.78, 5) is 14.7. The molecule has 0 N–H and O–H groups in total.